The van der Waals surface area contributed by atoms with Gasteiger partial charge in [-0.05, 0) is 33.6 Å². The van der Waals surface area contributed by atoms with E-state index in [1.54, 1.807) is 14.2 Å². The van der Waals surface area contributed by atoms with Gasteiger partial charge in [0.1, 0.15) is 16.0 Å². The molecule has 1 aliphatic rings. The van der Waals surface area contributed by atoms with Gasteiger partial charge in [-0.3, -0.25) is 0 Å². The van der Waals surface area contributed by atoms with Gasteiger partial charge >= 0.3 is 0 Å². The molecule has 3 nitrogen and oxygen atoms in total. The minimum absolute atomic E-state index is 0.376. The van der Waals surface area contributed by atoms with Crippen molar-refractivity contribution < 1.29 is 14.2 Å². The summed E-state index contributed by atoms with van der Waals surface area (Å²) in [5.74, 6) is 1.59. The molecule has 0 spiro atoms. The number of rotatable bonds is 4. The Hall–Kier alpha value is -0.740. The van der Waals surface area contributed by atoms with E-state index in [4.69, 9.17) is 14.2 Å². The minimum atomic E-state index is 0.376. The molecule has 0 amide bonds. The predicted octanol–water partition coefficient (Wildman–Crippen LogP) is 2.41. The van der Waals surface area contributed by atoms with E-state index in [2.05, 4.69) is 15.9 Å². The second-order valence-electron chi connectivity index (χ2n) is 3.47. The highest BCUT2D eigenvalue weighted by Crippen LogP contribution is 2.36. The number of hydrogen-bond donors (Lipinski definition) is 0. The van der Waals surface area contributed by atoms with Crippen LogP contribution in [0.1, 0.15) is 5.56 Å². The molecule has 1 heterocycles. The second-order valence-corrected chi connectivity index (χ2v) is 4.27. The van der Waals surface area contributed by atoms with Crippen LogP contribution in [0, 0.1) is 0 Å². The molecule has 0 aliphatic carbocycles. The lowest BCUT2D eigenvalue weighted by atomic mass is 10.1. The summed E-state index contributed by atoms with van der Waals surface area (Å²) in [5.41, 5.74) is 1.18. The molecule has 1 saturated heterocycles. The summed E-state index contributed by atoms with van der Waals surface area (Å²) >= 11 is 3.44. The van der Waals surface area contributed by atoms with Crippen LogP contribution in [0.25, 0.3) is 0 Å². The monoisotopic (exact) mass is 272 g/mol. The third-order valence-electron chi connectivity index (χ3n) is 2.37. The SMILES string of the molecule is COc1cc(CC2CO2)cc(OC)c1Br. The normalized spacial score (nSPS) is 18.7. The van der Waals surface area contributed by atoms with E-state index in [1.165, 1.54) is 5.56 Å². The van der Waals surface area contributed by atoms with E-state index in [0.717, 1.165) is 29.0 Å². The van der Waals surface area contributed by atoms with Crippen LogP contribution in [0.2, 0.25) is 0 Å². The molecule has 1 aliphatic heterocycles. The van der Waals surface area contributed by atoms with E-state index in [9.17, 15) is 0 Å². The lowest BCUT2D eigenvalue weighted by molar-refractivity contribution is 0.386. The number of methoxy groups -OCH3 is 2. The molecule has 1 atom stereocenters. The molecule has 1 fully saturated rings. The van der Waals surface area contributed by atoms with Gasteiger partial charge in [0.25, 0.3) is 0 Å². The van der Waals surface area contributed by atoms with Crippen LogP contribution >= 0.6 is 15.9 Å². The van der Waals surface area contributed by atoms with Crippen LogP contribution in [0.3, 0.4) is 0 Å². The first kappa shape index (κ1) is 10.8. The summed E-state index contributed by atoms with van der Waals surface area (Å²) in [4.78, 5) is 0. The molecular formula is C11H13BrO3. The Morgan fingerprint density at radius 2 is 1.87 bits per heavy atom. The summed E-state index contributed by atoms with van der Waals surface area (Å²) in [6, 6.07) is 4.02. The van der Waals surface area contributed by atoms with Crippen molar-refractivity contribution in [3.63, 3.8) is 0 Å². The summed E-state index contributed by atoms with van der Waals surface area (Å²) in [6.07, 6.45) is 1.29. The molecule has 0 radical (unpaired) electrons. The Balaban J connectivity index is 2.29. The fourth-order valence-electron chi connectivity index (χ4n) is 1.49. The first-order valence-corrected chi connectivity index (χ1v) is 5.56. The Labute approximate surface area is 97.5 Å². The highest BCUT2D eigenvalue weighted by atomic mass is 79.9. The van der Waals surface area contributed by atoms with Crippen molar-refractivity contribution in [3.05, 3.63) is 22.2 Å². The standard InChI is InChI=1S/C11H13BrO3/c1-13-9-4-7(3-8-6-15-8)5-10(14-2)11(9)12/h4-5,8H,3,6H2,1-2H3. The molecule has 0 bridgehead atoms. The zero-order valence-corrected chi connectivity index (χ0v) is 10.3. The van der Waals surface area contributed by atoms with Gasteiger partial charge in [0.2, 0.25) is 0 Å². The molecule has 4 heteroatoms. The van der Waals surface area contributed by atoms with E-state index < -0.39 is 0 Å². The Morgan fingerprint density at radius 3 is 2.27 bits per heavy atom. The molecule has 15 heavy (non-hydrogen) atoms. The van der Waals surface area contributed by atoms with Gasteiger partial charge in [0.15, 0.2) is 0 Å². The third-order valence-corrected chi connectivity index (χ3v) is 3.15. The molecule has 82 valence electrons. The third kappa shape index (κ3) is 2.44. The first-order chi connectivity index (χ1) is 7.24. The second kappa shape index (κ2) is 4.41. The lowest BCUT2D eigenvalue weighted by Gasteiger charge is -2.10. The number of epoxide rings is 1. The zero-order chi connectivity index (χ0) is 10.8. The van der Waals surface area contributed by atoms with Gasteiger partial charge in [-0.25, -0.2) is 0 Å². The summed E-state index contributed by atoms with van der Waals surface area (Å²) in [7, 11) is 3.30. The zero-order valence-electron chi connectivity index (χ0n) is 8.75. The van der Waals surface area contributed by atoms with Crippen molar-refractivity contribution in [2.45, 2.75) is 12.5 Å². The van der Waals surface area contributed by atoms with Gasteiger partial charge in [0, 0.05) is 6.42 Å². The molecule has 2 rings (SSSR count). The Bertz CT molecular complexity index is 336. The van der Waals surface area contributed by atoms with Gasteiger partial charge in [-0.15, -0.1) is 0 Å². The molecule has 1 unspecified atom stereocenters. The quantitative estimate of drug-likeness (QED) is 0.789. The van der Waals surface area contributed by atoms with Crippen molar-refractivity contribution in [2.75, 3.05) is 20.8 Å². The summed E-state index contributed by atoms with van der Waals surface area (Å²) < 4.78 is 16.6. The van der Waals surface area contributed by atoms with E-state index in [0.29, 0.717) is 6.10 Å². The molecule has 0 N–H and O–H groups in total. The molecule has 0 saturated carbocycles. The fourth-order valence-corrected chi connectivity index (χ4v) is 2.04. The van der Waals surface area contributed by atoms with Crippen LogP contribution in [0.15, 0.2) is 16.6 Å². The number of benzene rings is 1. The lowest BCUT2D eigenvalue weighted by Crippen LogP contribution is -1.97. The van der Waals surface area contributed by atoms with Crippen molar-refractivity contribution in [1.29, 1.82) is 0 Å². The van der Waals surface area contributed by atoms with E-state index >= 15 is 0 Å². The Kier molecular flexibility index (Phi) is 3.17. The van der Waals surface area contributed by atoms with Crippen LogP contribution < -0.4 is 9.47 Å². The van der Waals surface area contributed by atoms with Crippen molar-refractivity contribution >= 4 is 15.9 Å². The van der Waals surface area contributed by atoms with Gasteiger partial charge in [-0.1, -0.05) is 0 Å². The number of ether oxygens (including phenoxy) is 3. The van der Waals surface area contributed by atoms with Crippen molar-refractivity contribution in [3.8, 4) is 11.5 Å². The molecule has 1 aromatic carbocycles. The Morgan fingerprint density at radius 1 is 1.33 bits per heavy atom. The minimum Gasteiger partial charge on any atom is -0.495 e. The van der Waals surface area contributed by atoms with Gasteiger partial charge < -0.3 is 14.2 Å². The van der Waals surface area contributed by atoms with Gasteiger partial charge in [0.05, 0.1) is 26.9 Å². The largest absolute Gasteiger partial charge is 0.495 e. The molecular weight excluding hydrogens is 260 g/mol. The van der Waals surface area contributed by atoms with Crippen molar-refractivity contribution in [1.82, 2.24) is 0 Å². The summed E-state index contributed by atoms with van der Waals surface area (Å²) in [5, 5.41) is 0. The number of hydrogen-bond acceptors (Lipinski definition) is 3. The highest BCUT2D eigenvalue weighted by Gasteiger charge is 2.23. The maximum absolute atomic E-state index is 5.26. The average molecular weight is 273 g/mol. The predicted molar refractivity (Wildman–Crippen MR) is 60.7 cm³/mol. The van der Waals surface area contributed by atoms with E-state index in [-0.39, 0.29) is 0 Å². The fraction of sp³-hybridized carbons (Fsp3) is 0.455. The van der Waals surface area contributed by atoms with Crippen molar-refractivity contribution in [2.24, 2.45) is 0 Å². The highest BCUT2D eigenvalue weighted by molar-refractivity contribution is 9.10. The maximum Gasteiger partial charge on any atom is 0.137 e. The molecule has 1 aromatic rings. The van der Waals surface area contributed by atoms with Crippen LogP contribution in [0.4, 0.5) is 0 Å². The first-order valence-electron chi connectivity index (χ1n) is 4.76. The number of halogens is 1. The van der Waals surface area contributed by atoms with E-state index in [1.807, 2.05) is 12.1 Å². The van der Waals surface area contributed by atoms with Crippen LogP contribution in [-0.4, -0.2) is 26.9 Å². The molecule has 0 aromatic heterocycles. The van der Waals surface area contributed by atoms with Gasteiger partial charge in [-0.2, -0.15) is 0 Å². The van der Waals surface area contributed by atoms with Crippen LogP contribution in [-0.2, 0) is 11.2 Å². The summed E-state index contributed by atoms with van der Waals surface area (Å²) in [6.45, 7) is 0.862. The topological polar surface area (TPSA) is 31.0 Å². The average Bonchev–Trinajstić information content (AvgIpc) is 3.04. The smallest absolute Gasteiger partial charge is 0.137 e. The van der Waals surface area contributed by atoms with Crippen LogP contribution in [0.5, 0.6) is 11.5 Å². The maximum atomic E-state index is 5.26.